The van der Waals surface area contributed by atoms with E-state index in [4.69, 9.17) is 4.74 Å². The summed E-state index contributed by atoms with van der Waals surface area (Å²) < 4.78 is 5.77. The first-order chi connectivity index (χ1) is 9.79. The average molecular weight is 309 g/mol. The molecule has 3 rings (SSSR count). The smallest absolute Gasteiger partial charge is 0.131 e. The van der Waals surface area contributed by atoms with Gasteiger partial charge < -0.3 is 4.74 Å². The van der Waals surface area contributed by atoms with Crippen LogP contribution in [-0.2, 0) is 17.8 Å². The van der Waals surface area contributed by atoms with E-state index in [0.29, 0.717) is 6.10 Å². The molecule has 3 heterocycles. The van der Waals surface area contributed by atoms with E-state index in [1.54, 1.807) is 22.7 Å². The number of aryl methyl sites for hydroxylation is 1. The van der Waals surface area contributed by atoms with Crippen molar-refractivity contribution in [1.82, 2.24) is 15.1 Å². The van der Waals surface area contributed by atoms with Crippen LogP contribution in [0.3, 0.4) is 0 Å². The molecule has 0 amide bonds. The van der Waals surface area contributed by atoms with Gasteiger partial charge in [0.2, 0.25) is 0 Å². The summed E-state index contributed by atoms with van der Waals surface area (Å²) >= 11 is 3.44. The topological polar surface area (TPSA) is 38.2 Å². The van der Waals surface area contributed by atoms with Crippen LogP contribution in [0.15, 0.2) is 16.8 Å². The third-order valence-corrected chi connectivity index (χ3v) is 4.95. The van der Waals surface area contributed by atoms with E-state index in [-0.39, 0.29) is 0 Å². The van der Waals surface area contributed by atoms with Crippen LogP contribution < -0.4 is 0 Å². The van der Waals surface area contributed by atoms with Crippen LogP contribution in [-0.4, -0.2) is 34.4 Å². The molecule has 2 aromatic heterocycles. The molecule has 0 spiro atoms. The summed E-state index contributed by atoms with van der Waals surface area (Å²) in [6.45, 7) is 5.72. The first kappa shape index (κ1) is 14.1. The second-order valence-corrected chi connectivity index (χ2v) is 7.20. The van der Waals surface area contributed by atoms with Crippen molar-refractivity contribution in [2.24, 2.45) is 0 Å². The molecule has 0 unspecified atom stereocenters. The third kappa shape index (κ3) is 3.85. The van der Waals surface area contributed by atoms with Gasteiger partial charge in [0.05, 0.1) is 12.6 Å². The van der Waals surface area contributed by atoms with Crippen LogP contribution in [0.4, 0.5) is 0 Å². The molecule has 20 heavy (non-hydrogen) atoms. The Balaban J connectivity index is 1.65. The van der Waals surface area contributed by atoms with Crippen molar-refractivity contribution in [1.29, 1.82) is 0 Å². The molecule has 0 aromatic carbocycles. The predicted octanol–water partition coefficient (Wildman–Crippen LogP) is 3.09. The van der Waals surface area contributed by atoms with E-state index in [2.05, 4.69) is 31.9 Å². The fraction of sp³-hybridized carbons (Fsp3) is 0.571. The number of rotatable bonds is 6. The van der Waals surface area contributed by atoms with Gasteiger partial charge in [-0.2, -0.15) is 11.3 Å². The highest BCUT2D eigenvalue weighted by atomic mass is 32.1. The van der Waals surface area contributed by atoms with Gasteiger partial charge in [-0.3, -0.25) is 4.90 Å². The van der Waals surface area contributed by atoms with Crippen LogP contribution in [0.2, 0.25) is 0 Å². The first-order valence-electron chi connectivity index (χ1n) is 6.93. The molecule has 0 saturated carbocycles. The lowest BCUT2D eigenvalue weighted by atomic mass is 10.2. The maximum atomic E-state index is 5.77. The lowest BCUT2D eigenvalue weighted by Crippen LogP contribution is -2.31. The van der Waals surface area contributed by atoms with Gasteiger partial charge in [-0.1, -0.05) is 0 Å². The Morgan fingerprint density at radius 2 is 2.35 bits per heavy atom. The maximum Gasteiger partial charge on any atom is 0.131 e. The Bertz CT molecular complexity index is 520. The number of hydrogen-bond donors (Lipinski definition) is 0. The summed E-state index contributed by atoms with van der Waals surface area (Å²) in [5.74, 6) is 0. The molecule has 6 heteroatoms. The summed E-state index contributed by atoms with van der Waals surface area (Å²) in [5.41, 5.74) is 1.37. The Kier molecular flexibility index (Phi) is 4.77. The first-order valence-corrected chi connectivity index (χ1v) is 8.69. The number of nitrogens with zero attached hydrogens (tertiary/aromatic N) is 3. The van der Waals surface area contributed by atoms with Crippen molar-refractivity contribution >= 4 is 22.7 Å². The molecule has 1 fully saturated rings. The highest BCUT2D eigenvalue weighted by molar-refractivity contribution is 7.11. The quantitative estimate of drug-likeness (QED) is 0.822. The molecule has 1 atom stereocenters. The van der Waals surface area contributed by atoms with Gasteiger partial charge in [0.1, 0.15) is 10.0 Å². The summed E-state index contributed by atoms with van der Waals surface area (Å²) in [5, 5.41) is 14.8. The summed E-state index contributed by atoms with van der Waals surface area (Å²) in [7, 11) is 0. The average Bonchev–Trinajstić information content (AvgIpc) is 3.13. The molecule has 1 aliphatic rings. The zero-order valence-corrected chi connectivity index (χ0v) is 13.3. The minimum Gasteiger partial charge on any atom is -0.377 e. The van der Waals surface area contributed by atoms with Gasteiger partial charge in [0.25, 0.3) is 0 Å². The van der Waals surface area contributed by atoms with E-state index in [9.17, 15) is 0 Å². The van der Waals surface area contributed by atoms with Crippen LogP contribution in [0.25, 0.3) is 0 Å². The molecule has 4 nitrogen and oxygen atoms in total. The SMILES string of the molecule is Cc1nnc(CN(Cc2ccsc2)C[C@@H]2CCCO2)s1. The number of ether oxygens (including phenoxy) is 1. The van der Waals surface area contributed by atoms with Gasteiger partial charge in [-0.25, -0.2) is 0 Å². The fourth-order valence-electron chi connectivity index (χ4n) is 2.49. The lowest BCUT2D eigenvalue weighted by molar-refractivity contribution is 0.0678. The zero-order chi connectivity index (χ0) is 13.8. The van der Waals surface area contributed by atoms with Crippen molar-refractivity contribution in [2.45, 2.75) is 39.0 Å². The van der Waals surface area contributed by atoms with Gasteiger partial charge in [-0.15, -0.1) is 21.5 Å². The zero-order valence-electron chi connectivity index (χ0n) is 11.6. The van der Waals surface area contributed by atoms with E-state index in [1.165, 1.54) is 18.4 Å². The molecule has 0 radical (unpaired) electrons. The molecule has 0 aliphatic carbocycles. The monoisotopic (exact) mass is 309 g/mol. The van der Waals surface area contributed by atoms with Crippen molar-refractivity contribution in [2.75, 3.05) is 13.2 Å². The highest BCUT2D eigenvalue weighted by Crippen LogP contribution is 2.19. The van der Waals surface area contributed by atoms with E-state index >= 15 is 0 Å². The molecular formula is C14H19N3OS2. The fourth-order valence-corrected chi connectivity index (χ4v) is 3.91. The molecular weight excluding hydrogens is 290 g/mol. The van der Waals surface area contributed by atoms with Crippen molar-refractivity contribution in [3.8, 4) is 0 Å². The second kappa shape index (κ2) is 6.76. The Labute approximate surface area is 127 Å². The summed E-state index contributed by atoms with van der Waals surface area (Å²) in [4.78, 5) is 2.43. The van der Waals surface area contributed by atoms with Crippen molar-refractivity contribution in [3.05, 3.63) is 32.4 Å². The molecule has 0 N–H and O–H groups in total. The van der Waals surface area contributed by atoms with Gasteiger partial charge >= 0.3 is 0 Å². The maximum absolute atomic E-state index is 5.77. The number of thiophene rings is 1. The predicted molar refractivity (Wildman–Crippen MR) is 82.1 cm³/mol. The van der Waals surface area contributed by atoms with E-state index in [1.807, 2.05) is 6.92 Å². The summed E-state index contributed by atoms with van der Waals surface area (Å²) in [6.07, 6.45) is 2.74. The molecule has 108 valence electrons. The van der Waals surface area contributed by atoms with Gasteiger partial charge in [-0.05, 0) is 42.2 Å². The van der Waals surface area contributed by atoms with Crippen LogP contribution in [0.5, 0.6) is 0 Å². The normalized spacial score (nSPS) is 19.0. The Hall–Kier alpha value is -0.820. The molecule has 0 bridgehead atoms. The highest BCUT2D eigenvalue weighted by Gasteiger charge is 2.20. The van der Waals surface area contributed by atoms with Crippen molar-refractivity contribution < 1.29 is 4.74 Å². The minimum atomic E-state index is 0.377. The van der Waals surface area contributed by atoms with Crippen LogP contribution >= 0.6 is 22.7 Å². The standard InChI is InChI=1S/C14H19N3OS2/c1-11-15-16-14(20-11)9-17(7-12-4-6-19-10-12)8-13-3-2-5-18-13/h4,6,10,13H,2-3,5,7-9H2,1H3/t13-/m0/s1. The molecule has 1 saturated heterocycles. The van der Waals surface area contributed by atoms with E-state index < -0.39 is 0 Å². The number of hydrogen-bond acceptors (Lipinski definition) is 6. The van der Waals surface area contributed by atoms with Gasteiger partial charge in [0.15, 0.2) is 0 Å². The lowest BCUT2D eigenvalue weighted by Gasteiger charge is -2.23. The third-order valence-electron chi connectivity index (χ3n) is 3.40. The Morgan fingerprint density at radius 1 is 1.40 bits per heavy atom. The van der Waals surface area contributed by atoms with Crippen molar-refractivity contribution in [3.63, 3.8) is 0 Å². The van der Waals surface area contributed by atoms with Gasteiger partial charge in [0, 0.05) is 19.7 Å². The minimum absolute atomic E-state index is 0.377. The Morgan fingerprint density at radius 3 is 3.00 bits per heavy atom. The molecule has 2 aromatic rings. The number of aromatic nitrogens is 2. The second-order valence-electron chi connectivity index (χ2n) is 5.15. The van der Waals surface area contributed by atoms with Crippen LogP contribution in [0, 0.1) is 6.92 Å². The molecule has 1 aliphatic heterocycles. The largest absolute Gasteiger partial charge is 0.377 e. The van der Waals surface area contributed by atoms with Crippen LogP contribution in [0.1, 0.15) is 28.4 Å². The summed E-state index contributed by atoms with van der Waals surface area (Å²) in [6, 6.07) is 2.19. The van der Waals surface area contributed by atoms with E-state index in [0.717, 1.165) is 36.3 Å².